The van der Waals surface area contributed by atoms with Gasteiger partial charge in [0.1, 0.15) is 0 Å². The van der Waals surface area contributed by atoms with E-state index < -0.39 is 10.0 Å². The maximum absolute atomic E-state index is 12.4. The third-order valence-corrected chi connectivity index (χ3v) is 6.91. The SMILES string of the molecule is CCN(CC)S(=O)(=O)c1ccc(CNC(=O)[C@@H]2CC[C@H]2C(=O)OC)cc1. The standard InChI is InChI=1S/C18H26N2O5S/c1-4-20(5-2)26(23,24)14-8-6-13(7-9-14)12-19-17(21)15-10-11-16(15)18(22)25-3/h6-9,15-16H,4-5,10-12H2,1-3H3,(H,19,21)/t15-,16-/m1/s1. The van der Waals surface area contributed by atoms with Gasteiger partial charge in [-0.15, -0.1) is 0 Å². The van der Waals surface area contributed by atoms with E-state index in [0.29, 0.717) is 25.9 Å². The van der Waals surface area contributed by atoms with Crippen LogP contribution in [-0.2, 0) is 30.9 Å². The lowest BCUT2D eigenvalue weighted by Gasteiger charge is -2.32. The van der Waals surface area contributed by atoms with E-state index in [1.807, 2.05) is 0 Å². The number of nitrogens with zero attached hydrogens (tertiary/aromatic N) is 1. The topological polar surface area (TPSA) is 92.8 Å². The highest BCUT2D eigenvalue weighted by Gasteiger charge is 2.41. The Morgan fingerprint density at radius 3 is 2.15 bits per heavy atom. The molecule has 0 heterocycles. The smallest absolute Gasteiger partial charge is 0.309 e. The first-order chi connectivity index (χ1) is 12.3. The van der Waals surface area contributed by atoms with E-state index in [1.165, 1.54) is 11.4 Å². The van der Waals surface area contributed by atoms with Gasteiger partial charge < -0.3 is 10.1 Å². The molecule has 2 rings (SSSR count). The van der Waals surface area contributed by atoms with Crippen LogP contribution in [0.25, 0.3) is 0 Å². The number of benzene rings is 1. The lowest BCUT2D eigenvalue weighted by Crippen LogP contribution is -2.44. The molecule has 0 aromatic heterocycles. The second kappa shape index (κ2) is 8.64. The quantitative estimate of drug-likeness (QED) is 0.689. The molecule has 8 heteroatoms. The summed E-state index contributed by atoms with van der Waals surface area (Å²) < 4.78 is 31.0. The van der Waals surface area contributed by atoms with Crippen molar-refractivity contribution in [2.45, 2.75) is 38.1 Å². The molecule has 0 saturated heterocycles. The van der Waals surface area contributed by atoms with E-state index in [9.17, 15) is 18.0 Å². The molecule has 0 bridgehead atoms. The minimum atomic E-state index is -3.48. The van der Waals surface area contributed by atoms with E-state index in [4.69, 9.17) is 4.74 Å². The summed E-state index contributed by atoms with van der Waals surface area (Å²) >= 11 is 0. The zero-order valence-electron chi connectivity index (χ0n) is 15.4. The van der Waals surface area contributed by atoms with Gasteiger partial charge in [-0.3, -0.25) is 9.59 Å². The molecule has 1 aliphatic rings. The van der Waals surface area contributed by atoms with Crippen molar-refractivity contribution in [3.8, 4) is 0 Å². The number of amides is 1. The molecule has 1 N–H and O–H groups in total. The molecule has 0 spiro atoms. The van der Waals surface area contributed by atoms with Gasteiger partial charge in [0.2, 0.25) is 15.9 Å². The molecule has 1 fully saturated rings. The molecule has 1 saturated carbocycles. The van der Waals surface area contributed by atoms with Crippen LogP contribution in [0.5, 0.6) is 0 Å². The fourth-order valence-corrected chi connectivity index (χ4v) is 4.52. The van der Waals surface area contributed by atoms with Crippen molar-refractivity contribution in [3.05, 3.63) is 29.8 Å². The Labute approximate surface area is 154 Å². The lowest BCUT2D eigenvalue weighted by molar-refractivity contribution is -0.155. The number of hydrogen-bond donors (Lipinski definition) is 1. The fourth-order valence-electron chi connectivity index (χ4n) is 3.06. The molecule has 1 aromatic carbocycles. The molecule has 1 aromatic rings. The van der Waals surface area contributed by atoms with Gasteiger partial charge in [0.25, 0.3) is 0 Å². The van der Waals surface area contributed by atoms with E-state index in [2.05, 4.69) is 5.32 Å². The van der Waals surface area contributed by atoms with Crippen molar-refractivity contribution in [2.24, 2.45) is 11.8 Å². The van der Waals surface area contributed by atoms with Crippen molar-refractivity contribution in [3.63, 3.8) is 0 Å². The van der Waals surface area contributed by atoms with E-state index in [0.717, 1.165) is 5.56 Å². The van der Waals surface area contributed by atoms with Crippen LogP contribution in [0.2, 0.25) is 0 Å². The number of ether oxygens (including phenoxy) is 1. The number of methoxy groups -OCH3 is 1. The van der Waals surface area contributed by atoms with Crippen molar-refractivity contribution in [1.29, 1.82) is 0 Å². The highest BCUT2D eigenvalue weighted by atomic mass is 32.2. The first-order valence-corrected chi connectivity index (χ1v) is 10.2. The van der Waals surface area contributed by atoms with Crippen molar-refractivity contribution >= 4 is 21.9 Å². The number of esters is 1. The summed E-state index contributed by atoms with van der Waals surface area (Å²) in [7, 11) is -2.16. The number of nitrogens with one attached hydrogen (secondary N) is 1. The zero-order valence-corrected chi connectivity index (χ0v) is 16.2. The fraction of sp³-hybridized carbons (Fsp3) is 0.556. The highest BCUT2D eigenvalue weighted by molar-refractivity contribution is 7.89. The van der Waals surface area contributed by atoms with E-state index >= 15 is 0 Å². The zero-order chi connectivity index (χ0) is 19.3. The maximum atomic E-state index is 12.4. The summed E-state index contributed by atoms with van der Waals surface area (Å²) in [6.07, 6.45) is 1.34. The van der Waals surface area contributed by atoms with Gasteiger partial charge in [-0.05, 0) is 30.5 Å². The Kier molecular flexibility index (Phi) is 6.77. The van der Waals surface area contributed by atoms with Crippen LogP contribution in [0.4, 0.5) is 0 Å². The lowest BCUT2D eigenvalue weighted by atomic mass is 9.73. The molecule has 2 atom stereocenters. The third-order valence-electron chi connectivity index (χ3n) is 4.85. The molecule has 1 aliphatic carbocycles. The van der Waals surface area contributed by atoms with Crippen LogP contribution >= 0.6 is 0 Å². The molecule has 0 aliphatic heterocycles. The summed E-state index contributed by atoms with van der Waals surface area (Å²) in [6.45, 7) is 4.72. The average Bonchev–Trinajstić information content (AvgIpc) is 2.60. The number of carbonyl (C=O) groups excluding carboxylic acids is 2. The summed E-state index contributed by atoms with van der Waals surface area (Å²) in [6, 6.07) is 6.48. The van der Waals surface area contributed by atoms with Crippen molar-refractivity contribution in [2.75, 3.05) is 20.2 Å². The van der Waals surface area contributed by atoms with Gasteiger partial charge in [0, 0.05) is 19.6 Å². The van der Waals surface area contributed by atoms with Gasteiger partial charge >= 0.3 is 5.97 Å². The van der Waals surface area contributed by atoms with Crippen LogP contribution < -0.4 is 5.32 Å². The van der Waals surface area contributed by atoms with Gasteiger partial charge in [0.15, 0.2) is 0 Å². The van der Waals surface area contributed by atoms with Gasteiger partial charge in [-0.1, -0.05) is 26.0 Å². The Balaban J connectivity index is 1.96. The van der Waals surface area contributed by atoms with E-state index in [-0.39, 0.29) is 35.2 Å². The maximum Gasteiger partial charge on any atom is 0.309 e. The molecular weight excluding hydrogens is 356 g/mol. The Hall–Kier alpha value is -1.93. The van der Waals surface area contributed by atoms with Crippen LogP contribution in [-0.4, -0.2) is 44.8 Å². The first kappa shape index (κ1) is 20.4. The molecule has 0 unspecified atom stereocenters. The molecular formula is C18H26N2O5S. The van der Waals surface area contributed by atoms with Crippen LogP contribution in [0, 0.1) is 11.8 Å². The highest BCUT2D eigenvalue weighted by Crippen LogP contribution is 2.35. The molecule has 144 valence electrons. The third kappa shape index (κ3) is 4.24. The van der Waals surface area contributed by atoms with Gasteiger partial charge in [0.05, 0.1) is 23.8 Å². The largest absolute Gasteiger partial charge is 0.469 e. The summed E-state index contributed by atoms with van der Waals surface area (Å²) in [4.78, 5) is 24.0. The summed E-state index contributed by atoms with van der Waals surface area (Å²) in [5, 5.41) is 2.81. The van der Waals surface area contributed by atoms with E-state index in [1.54, 1.807) is 38.1 Å². The second-order valence-electron chi connectivity index (χ2n) is 6.26. The van der Waals surface area contributed by atoms with Crippen LogP contribution in [0.3, 0.4) is 0 Å². The average molecular weight is 382 g/mol. The monoisotopic (exact) mass is 382 g/mol. The Bertz CT molecular complexity index is 741. The minimum Gasteiger partial charge on any atom is -0.469 e. The first-order valence-electron chi connectivity index (χ1n) is 8.79. The second-order valence-corrected chi connectivity index (χ2v) is 8.20. The summed E-state index contributed by atoms with van der Waals surface area (Å²) in [5.41, 5.74) is 0.797. The number of rotatable bonds is 8. The number of hydrogen-bond acceptors (Lipinski definition) is 5. The molecule has 7 nitrogen and oxygen atoms in total. The number of sulfonamides is 1. The predicted octanol–water partition coefficient (Wildman–Crippen LogP) is 1.53. The predicted molar refractivity (Wildman–Crippen MR) is 96.6 cm³/mol. The van der Waals surface area contributed by atoms with Gasteiger partial charge in [-0.2, -0.15) is 4.31 Å². The molecule has 0 radical (unpaired) electrons. The molecule has 1 amide bonds. The van der Waals surface area contributed by atoms with Crippen LogP contribution in [0.1, 0.15) is 32.3 Å². The number of carbonyl (C=O) groups is 2. The summed E-state index contributed by atoms with van der Waals surface area (Å²) in [5.74, 6) is -1.22. The normalized spacial score (nSPS) is 19.7. The Morgan fingerprint density at radius 1 is 1.12 bits per heavy atom. The van der Waals surface area contributed by atoms with Gasteiger partial charge in [-0.25, -0.2) is 8.42 Å². The van der Waals surface area contributed by atoms with Crippen molar-refractivity contribution in [1.82, 2.24) is 9.62 Å². The minimum absolute atomic E-state index is 0.175. The van der Waals surface area contributed by atoms with Crippen LogP contribution in [0.15, 0.2) is 29.2 Å². The molecule has 26 heavy (non-hydrogen) atoms. The van der Waals surface area contributed by atoms with Crippen molar-refractivity contribution < 1.29 is 22.7 Å². The Morgan fingerprint density at radius 2 is 1.69 bits per heavy atom.